The molecule has 2 saturated heterocycles. The van der Waals surface area contributed by atoms with Crippen LogP contribution in [0, 0.1) is 11.6 Å². The number of carbonyl (C=O) groups excluding carboxylic acids is 1. The normalized spacial score (nSPS) is 22.1. The third-order valence-electron chi connectivity index (χ3n) is 6.31. The van der Waals surface area contributed by atoms with Crippen LogP contribution in [0.5, 0.6) is 5.75 Å². The minimum absolute atomic E-state index is 0.0184. The van der Waals surface area contributed by atoms with Crippen molar-refractivity contribution in [2.45, 2.75) is 36.2 Å². The molecular weight excluding hydrogens is 485 g/mol. The molecule has 2 atom stereocenters. The zero-order valence-electron chi connectivity index (χ0n) is 16.7. The summed E-state index contributed by atoms with van der Waals surface area (Å²) in [5, 5.41) is -0.144. The van der Waals surface area contributed by atoms with E-state index in [0.29, 0.717) is 37.6 Å². The van der Waals surface area contributed by atoms with Crippen LogP contribution >= 0.6 is 22.3 Å². The number of hydrogen-bond acceptors (Lipinski definition) is 5. The molecule has 2 unspecified atom stereocenters. The van der Waals surface area contributed by atoms with Crippen LogP contribution in [0.15, 0.2) is 29.2 Å². The summed E-state index contributed by atoms with van der Waals surface area (Å²) in [6, 6.07) is 4.51. The van der Waals surface area contributed by atoms with Gasteiger partial charge in [-0.1, -0.05) is 11.6 Å². The zero-order chi connectivity index (χ0) is 22.8. The second-order valence-electron chi connectivity index (χ2n) is 8.22. The molecule has 0 aliphatic carbocycles. The van der Waals surface area contributed by atoms with Crippen molar-refractivity contribution in [1.82, 2.24) is 4.90 Å². The van der Waals surface area contributed by atoms with Crippen molar-refractivity contribution in [3.8, 4) is 5.75 Å². The minimum atomic E-state index is -3.93. The van der Waals surface area contributed by atoms with Crippen molar-refractivity contribution in [2.75, 3.05) is 24.6 Å². The van der Waals surface area contributed by atoms with Crippen molar-refractivity contribution < 1.29 is 26.7 Å². The van der Waals surface area contributed by atoms with Crippen molar-refractivity contribution in [1.29, 1.82) is 0 Å². The molecule has 3 aliphatic heterocycles. The number of fused-ring (bicyclic) bond motifs is 3. The number of carbonyl (C=O) groups is 1. The summed E-state index contributed by atoms with van der Waals surface area (Å²) in [4.78, 5) is 16.7. The van der Waals surface area contributed by atoms with Gasteiger partial charge in [-0.25, -0.2) is 17.2 Å². The van der Waals surface area contributed by atoms with Gasteiger partial charge in [-0.15, -0.1) is 0 Å². The fourth-order valence-electron chi connectivity index (χ4n) is 4.91. The molecule has 0 N–H and O–H groups in total. The average molecular weight is 503 g/mol. The molecule has 0 spiro atoms. The Labute approximate surface area is 193 Å². The van der Waals surface area contributed by atoms with Crippen LogP contribution in [0.3, 0.4) is 0 Å². The number of nitrogens with zero attached hydrogens (tertiary/aromatic N) is 2. The summed E-state index contributed by atoms with van der Waals surface area (Å²) < 4.78 is 56.9. The van der Waals surface area contributed by atoms with E-state index in [1.54, 1.807) is 11.0 Å². The Bertz CT molecular complexity index is 1230. The van der Waals surface area contributed by atoms with Gasteiger partial charge in [0.25, 0.3) is 15.0 Å². The van der Waals surface area contributed by atoms with Gasteiger partial charge < -0.3 is 14.5 Å². The lowest BCUT2D eigenvalue weighted by molar-refractivity contribution is 0.0717. The molecule has 5 rings (SSSR count). The first-order valence-corrected chi connectivity index (χ1v) is 12.8. The Morgan fingerprint density at radius 1 is 1.06 bits per heavy atom. The third kappa shape index (κ3) is 3.60. The van der Waals surface area contributed by atoms with Gasteiger partial charge in [-0.05, 0) is 37.1 Å². The first kappa shape index (κ1) is 21.7. The van der Waals surface area contributed by atoms with Crippen LogP contribution in [0.1, 0.15) is 28.8 Å². The van der Waals surface area contributed by atoms with Gasteiger partial charge in [0.1, 0.15) is 5.75 Å². The smallest absolute Gasteiger partial charge is 0.261 e. The largest absolute Gasteiger partial charge is 0.491 e. The number of benzene rings is 2. The van der Waals surface area contributed by atoms with Gasteiger partial charge in [0.2, 0.25) is 0 Å². The Kier molecular flexibility index (Phi) is 5.26. The summed E-state index contributed by atoms with van der Waals surface area (Å²) >= 11 is 6.00. The Balaban J connectivity index is 1.47. The SMILES string of the molecule is O=C(c1cc(F)c(F)cc1Cl)N1CC2CCC(C1)N2c1cc(S(=O)(=O)Cl)cc2c1OCC2. The highest BCUT2D eigenvalue weighted by Gasteiger charge is 2.44. The molecule has 32 heavy (non-hydrogen) atoms. The Morgan fingerprint density at radius 3 is 2.38 bits per heavy atom. The lowest BCUT2D eigenvalue weighted by Crippen LogP contribution is -2.55. The minimum Gasteiger partial charge on any atom is -0.491 e. The molecule has 0 aromatic heterocycles. The fourth-order valence-corrected chi connectivity index (χ4v) is 5.94. The van der Waals surface area contributed by atoms with E-state index in [0.717, 1.165) is 30.5 Å². The maximum atomic E-state index is 13.7. The molecule has 2 bridgehead atoms. The molecule has 11 heteroatoms. The van der Waals surface area contributed by atoms with E-state index in [9.17, 15) is 22.0 Å². The molecule has 0 radical (unpaired) electrons. The number of rotatable bonds is 3. The standard InChI is InChI=1S/C21H18Cl2F2N2O4S/c22-16-8-18(25)17(24)7-15(16)21(28)26-9-12-1-2-13(10-26)27(12)19-6-14(32(23,29)30)5-11-3-4-31-20(11)19/h5-8,12-13H,1-4,9-10H2. The molecule has 2 aromatic rings. The van der Waals surface area contributed by atoms with Crippen molar-refractivity contribution in [2.24, 2.45) is 0 Å². The van der Waals surface area contributed by atoms with Crippen molar-refractivity contribution >= 4 is 42.9 Å². The summed E-state index contributed by atoms with van der Waals surface area (Å²) in [6.45, 7) is 1.12. The molecule has 3 heterocycles. The summed E-state index contributed by atoms with van der Waals surface area (Å²) in [5.41, 5.74) is 1.36. The van der Waals surface area contributed by atoms with Gasteiger partial charge in [-0.3, -0.25) is 4.79 Å². The number of halogens is 4. The average Bonchev–Trinajstić information content (AvgIpc) is 3.30. The van der Waals surface area contributed by atoms with Crippen LogP contribution in [0.2, 0.25) is 5.02 Å². The van der Waals surface area contributed by atoms with E-state index >= 15 is 0 Å². The number of ether oxygens (including phenoxy) is 1. The van der Waals surface area contributed by atoms with E-state index in [2.05, 4.69) is 4.90 Å². The van der Waals surface area contributed by atoms with Gasteiger partial charge >= 0.3 is 0 Å². The predicted molar refractivity (Wildman–Crippen MR) is 115 cm³/mol. The number of anilines is 1. The van der Waals surface area contributed by atoms with Crippen LogP contribution in [0.4, 0.5) is 14.5 Å². The van der Waals surface area contributed by atoms with Crippen LogP contribution in [-0.2, 0) is 15.5 Å². The number of hydrogen-bond donors (Lipinski definition) is 0. The lowest BCUT2D eigenvalue weighted by atomic mass is 10.1. The maximum Gasteiger partial charge on any atom is 0.261 e. The van der Waals surface area contributed by atoms with Crippen molar-refractivity contribution in [3.05, 3.63) is 52.0 Å². The monoisotopic (exact) mass is 502 g/mol. The molecule has 170 valence electrons. The summed E-state index contributed by atoms with van der Waals surface area (Å²) in [5.74, 6) is -2.07. The highest BCUT2D eigenvalue weighted by molar-refractivity contribution is 8.13. The van der Waals surface area contributed by atoms with Gasteiger partial charge in [0.05, 0.1) is 27.8 Å². The van der Waals surface area contributed by atoms with Crippen LogP contribution < -0.4 is 9.64 Å². The van der Waals surface area contributed by atoms with E-state index in [1.807, 2.05) is 0 Å². The van der Waals surface area contributed by atoms with E-state index in [4.69, 9.17) is 27.0 Å². The van der Waals surface area contributed by atoms with Gasteiger partial charge in [0.15, 0.2) is 11.6 Å². The van der Waals surface area contributed by atoms with Gasteiger partial charge in [0, 0.05) is 47.8 Å². The molecule has 3 aliphatic rings. The zero-order valence-corrected chi connectivity index (χ0v) is 19.0. The second-order valence-corrected chi connectivity index (χ2v) is 11.2. The molecule has 6 nitrogen and oxygen atoms in total. The first-order valence-electron chi connectivity index (χ1n) is 10.1. The molecule has 1 amide bonds. The fraction of sp³-hybridized carbons (Fsp3) is 0.381. The highest BCUT2D eigenvalue weighted by atomic mass is 35.7. The predicted octanol–water partition coefficient (Wildman–Crippen LogP) is 3.97. The summed E-state index contributed by atoms with van der Waals surface area (Å²) in [6.07, 6.45) is 2.16. The molecule has 2 aromatic carbocycles. The lowest BCUT2D eigenvalue weighted by Gasteiger charge is -2.43. The molecule has 2 fully saturated rings. The highest BCUT2D eigenvalue weighted by Crippen LogP contribution is 2.45. The van der Waals surface area contributed by atoms with Crippen molar-refractivity contribution in [3.63, 3.8) is 0 Å². The maximum absolute atomic E-state index is 13.7. The van der Waals surface area contributed by atoms with E-state index < -0.39 is 26.6 Å². The Morgan fingerprint density at radius 2 is 1.72 bits per heavy atom. The van der Waals surface area contributed by atoms with Crippen LogP contribution in [0.25, 0.3) is 0 Å². The first-order chi connectivity index (χ1) is 15.1. The molecule has 0 saturated carbocycles. The van der Waals surface area contributed by atoms with Crippen LogP contribution in [-0.4, -0.2) is 51.0 Å². The quantitative estimate of drug-likeness (QED) is 0.469. The van der Waals surface area contributed by atoms with E-state index in [-0.39, 0.29) is 27.6 Å². The number of amides is 1. The second kappa shape index (κ2) is 7.74. The summed E-state index contributed by atoms with van der Waals surface area (Å²) in [7, 11) is 1.69. The third-order valence-corrected chi connectivity index (χ3v) is 7.95. The number of likely N-dealkylation sites (tertiary alicyclic amines) is 1. The molecular formula is C21H18Cl2F2N2O4S. The number of piperazine rings is 1. The topological polar surface area (TPSA) is 66.9 Å². The van der Waals surface area contributed by atoms with Gasteiger partial charge in [-0.2, -0.15) is 0 Å². The van der Waals surface area contributed by atoms with E-state index in [1.165, 1.54) is 6.07 Å². The Hall–Kier alpha value is -2.10.